The number of nitrogens with one attached hydrogen (secondary N) is 1. The summed E-state index contributed by atoms with van der Waals surface area (Å²) in [4.78, 5) is 11.3. The molecule has 1 aliphatic heterocycles. The normalized spacial score (nSPS) is 17.9. The highest BCUT2D eigenvalue weighted by atomic mass is 32.1. The van der Waals surface area contributed by atoms with Gasteiger partial charge in [-0.25, -0.2) is 0 Å². The van der Waals surface area contributed by atoms with Crippen molar-refractivity contribution in [2.24, 2.45) is 0 Å². The molecule has 5 rings (SSSR count). The molecule has 33 heavy (non-hydrogen) atoms. The van der Waals surface area contributed by atoms with Crippen molar-refractivity contribution in [2.75, 3.05) is 0 Å². The summed E-state index contributed by atoms with van der Waals surface area (Å²) >= 11 is 5.87. The number of nitrogens with zero attached hydrogens (tertiary/aromatic N) is 4. The summed E-state index contributed by atoms with van der Waals surface area (Å²) in [5, 5.41) is 4.32. The number of para-hydroxylation sites is 1. The fourth-order valence-electron chi connectivity index (χ4n) is 4.98. The number of hydrogen-bond donors (Lipinski definition) is 1. The molecule has 0 spiro atoms. The molecular formula is C27H27N5S. The first kappa shape index (κ1) is 21.3. The molecule has 1 aliphatic rings. The van der Waals surface area contributed by atoms with Gasteiger partial charge in [0, 0.05) is 47.8 Å². The molecule has 2 atom stereocenters. The second-order valence-corrected chi connectivity index (χ2v) is 8.88. The molecule has 1 saturated heterocycles. The lowest BCUT2D eigenvalue weighted by Gasteiger charge is -2.29. The maximum atomic E-state index is 5.87. The molecule has 0 unspecified atom stereocenters. The van der Waals surface area contributed by atoms with Crippen molar-refractivity contribution in [1.82, 2.24) is 24.8 Å². The molecule has 1 aromatic carbocycles. The first-order valence-corrected chi connectivity index (χ1v) is 11.6. The highest BCUT2D eigenvalue weighted by molar-refractivity contribution is 7.80. The van der Waals surface area contributed by atoms with Crippen LogP contribution in [0.25, 0.3) is 5.69 Å². The van der Waals surface area contributed by atoms with Crippen LogP contribution in [0.15, 0.2) is 79.3 Å². The van der Waals surface area contributed by atoms with E-state index in [4.69, 9.17) is 17.2 Å². The highest BCUT2D eigenvalue weighted by Gasteiger charge is 2.42. The number of hydrogen-bond acceptors (Lipinski definition) is 3. The Labute approximate surface area is 200 Å². The third-order valence-corrected chi connectivity index (χ3v) is 6.94. The summed E-state index contributed by atoms with van der Waals surface area (Å²) in [7, 11) is 0. The Hall–Kier alpha value is -3.51. The molecule has 4 heterocycles. The van der Waals surface area contributed by atoms with Crippen molar-refractivity contribution in [3.63, 3.8) is 0 Å². The van der Waals surface area contributed by atoms with Gasteiger partial charge in [-0.1, -0.05) is 30.3 Å². The van der Waals surface area contributed by atoms with Gasteiger partial charge in [0.05, 0.1) is 17.8 Å². The van der Waals surface area contributed by atoms with Crippen molar-refractivity contribution >= 4 is 17.3 Å². The van der Waals surface area contributed by atoms with E-state index in [-0.39, 0.29) is 12.1 Å². The highest BCUT2D eigenvalue weighted by Crippen LogP contribution is 2.44. The van der Waals surface area contributed by atoms with E-state index in [1.54, 1.807) is 6.20 Å². The van der Waals surface area contributed by atoms with Crippen LogP contribution in [0.1, 0.15) is 45.9 Å². The average Bonchev–Trinajstić information content (AvgIpc) is 3.27. The Kier molecular flexibility index (Phi) is 5.68. The van der Waals surface area contributed by atoms with E-state index in [0.717, 1.165) is 16.4 Å². The minimum Gasteiger partial charge on any atom is -0.352 e. The fraction of sp³-hybridized carbons (Fsp3) is 0.222. The van der Waals surface area contributed by atoms with Crippen molar-refractivity contribution in [3.8, 4) is 5.69 Å². The predicted octanol–water partition coefficient (Wildman–Crippen LogP) is 5.37. The summed E-state index contributed by atoms with van der Waals surface area (Å²) in [5.41, 5.74) is 8.33. The Balaban J connectivity index is 1.67. The zero-order valence-corrected chi connectivity index (χ0v) is 19.9. The Bertz CT molecular complexity index is 1270. The van der Waals surface area contributed by atoms with Gasteiger partial charge in [-0.05, 0) is 74.4 Å². The number of benzene rings is 1. The van der Waals surface area contributed by atoms with Crippen LogP contribution in [0.3, 0.4) is 0 Å². The lowest BCUT2D eigenvalue weighted by atomic mass is 9.93. The Morgan fingerprint density at radius 2 is 1.70 bits per heavy atom. The molecule has 1 fully saturated rings. The summed E-state index contributed by atoms with van der Waals surface area (Å²) in [5.74, 6) is 0. The van der Waals surface area contributed by atoms with Gasteiger partial charge in [-0.3, -0.25) is 9.97 Å². The number of thiocarbonyl (C=S) groups is 1. The quantitative estimate of drug-likeness (QED) is 0.412. The smallest absolute Gasteiger partial charge is 0.170 e. The van der Waals surface area contributed by atoms with E-state index in [2.05, 4.69) is 83.0 Å². The topological polar surface area (TPSA) is 46.0 Å². The third-order valence-electron chi connectivity index (χ3n) is 6.59. The molecule has 4 aromatic rings. The predicted molar refractivity (Wildman–Crippen MR) is 135 cm³/mol. The van der Waals surface area contributed by atoms with Crippen LogP contribution in [0.2, 0.25) is 0 Å². The minimum absolute atomic E-state index is 0.0104. The monoisotopic (exact) mass is 453 g/mol. The van der Waals surface area contributed by atoms with E-state index in [1.807, 2.05) is 30.6 Å². The zero-order valence-electron chi connectivity index (χ0n) is 19.1. The molecule has 1 N–H and O–H groups in total. The van der Waals surface area contributed by atoms with Gasteiger partial charge in [0.25, 0.3) is 0 Å². The van der Waals surface area contributed by atoms with Crippen LogP contribution in [0.4, 0.5) is 0 Å². The van der Waals surface area contributed by atoms with Gasteiger partial charge in [-0.2, -0.15) is 0 Å². The molecular weight excluding hydrogens is 426 g/mol. The molecule has 166 valence electrons. The van der Waals surface area contributed by atoms with E-state index < -0.39 is 0 Å². The number of pyridine rings is 2. The first-order chi connectivity index (χ1) is 16.1. The van der Waals surface area contributed by atoms with Gasteiger partial charge in [0.2, 0.25) is 0 Å². The second-order valence-electron chi connectivity index (χ2n) is 8.50. The lowest BCUT2D eigenvalue weighted by Crippen LogP contribution is -2.29. The van der Waals surface area contributed by atoms with Gasteiger partial charge in [0.1, 0.15) is 0 Å². The van der Waals surface area contributed by atoms with Crippen LogP contribution in [0.5, 0.6) is 0 Å². The van der Waals surface area contributed by atoms with E-state index in [9.17, 15) is 0 Å². The molecule has 0 aliphatic carbocycles. The van der Waals surface area contributed by atoms with Crippen molar-refractivity contribution < 1.29 is 0 Å². The summed E-state index contributed by atoms with van der Waals surface area (Å²) in [6, 6.07) is 20.6. The minimum atomic E-state index is -0.0428. The van der Waals surface area contributed by atoms with Crippen LogP contribution in [-0.2, 0) is 6.54 Å². The third kappa shape index (κ3) is 3.80. The summed E-state index contributed by atoms with van der Waals surface area (Å²) in [6.45, 7) is 7.31. The van der Waals surface area contributed by atoms with E-state index in [0.29, 0.717) is 6.54 Å². The molecule has 6 heteroatoms. The Morgan fingerprint density at radius 1 is 0.909 bits per heavy atom. The summed E-state index contributed by atoms with van der Waals surface area (Å²) < 4.78 is 2.35. The fourth-order valence-corrected chi connectivity index (χ4v) is 5.29. The second kappa shape index (κ2) is 8.79. The van der Waals surface area contributed by atoms with Gasteiger partial charge < -0.3 is 14.8 Å². The van der Waals surface area contributed by atoms with Crippen LogP contribution >= 0.6 is 12.2 Å². The van der Waals surface area contributed by atoms with Gasteiger partial charge >= 0.3 is 0 Å². The van der Waals surface area contributed by atoms with Crippen LogP contribution in [0, 0.1) is 20.8 Å². The van der Waals surface area contributed by atoms with Crippen molar-refractivity contribution in [2.45, 2.75) is 39.4 Å². The molecule has 5 nitrogen and oxygen atoms in total. The van der Waals surface area contributed by atoms with Crippen molar-refractivity contribution in [1.29, 1.82) is 0 Å². The van der Waals surface area contributed by atoms with Crippen LogP contribution in [-0.4, -0.2) is 24.5 Å². The average molecular weight is 454 g/mol. The largest absolute Gasteiger partial charge is 0.352 e. The van der Waals surface area contributed by atoms with E-state index >= 15 is 0 Å². The zero-order chi connectivity index (χ0) is 22.9. The Morgan fingerprint density at radius 3 is 2.39 bits per heavy atom. The van der Waals surface area contributed by atoms with Gasteiger partial charge in [0.15, 0.2) is 5.11 Å². The molecule has 0 saturated carbocycles. The SMILES string of the molecule is Cc1c([C@@H]2[C@H](c3ccccn3)NC(=S)N2Cc2cccnc2)c(C)n(-c2ccccc2)c1C. The first-order valence-electron chi connectivity index (χ1n) is 11.2. The van der Waals surface area contributed by atoms with Crippen LogP contribution < -0.4 is 5.32 Å². The lowest BCUT2D eigenvalue weighted by molar-refractivity contribution is 0.309. The molecule has 3 aromatic heterocycles. The number of rotatable bonds is 5. The number of aromatic nitrogens is 3. The molecule has 0 radical (unpaired) electrons. The summed E-state index contributed by atoms with van der Waals surface area (Å²) in [6.07, 6.45) is 5.56. The maximum Gasteiger partial charge on any atom is 0.170 e. The van der Waals surface area contributed by atoms with Gasteiger partial charge in [-0.15, -0.1) is 0 Å². The van der Waals surface area contributed by atoms with E-state index in [1.165, 1.54) is 28.2 Å². The van der Waals surface area contributed by atoms with Crippen molar-refractivity contribution in [3.05, 3.63) is 113 Å². The standard InChI is InChI=1S/C27H27N5S/c1-18-19(2)32(22-11-5-4-6-12-22)20(3)24(18)26-25(23-13-7-8-15-29-23)30-27(33)31(26)17-21-10-9-14-28-16-21/h4-16,25-26H,17H2,1-3H3,(H,30,33)/t25-,26+/m0/s1. The molecule has 0 bridgehead atoms. The maximum absolute atomic E-state index is 5.87. The molecule has 0 amide bonds.